The first-order chi connectivity index (χ1) is 19.1. The number of carbonyl (C=O) groups is 2. The van der Waals surface area contributed by atoms with Gasteiger partial charge in [-0.15, -0.1) is 0 Å². The summed E-state index contributed by atoms with van der Waals surface area (Å²) in [5.41, 5.74) is 1.93. The van der Waals surface area contributed by atoms with Crippen LogP contribution in [0.2, 0.25) is 0 Å². The largest absolute Gasteiger partial charge is 0.497 e. The normalized spacial score (nSPS) is 11.8. The fraction of sp³-hybridized carbons (Fsp3) is 0.333. The lowest BCUT2D eigenvalue weighted by Crippen LogP contribution is -2.51. The molecule has 0 bridgehead atoms. The van der Waals surface area contributed by atoms with Gasteiger partial charge in [-0.1, -0.05) is 36.8 Å². The summed E-state index contributed by atoms with van der Waals surface area (Å²) in [5, 5.41) is 2.83. The van der Waals surface area contributed by atoms with E-state index in [0.717, 1.165) is 21.9 Å². The summed E-state index contributed by atoms with van der Waals surface area (Å²) in [4.78, 5) is 28.3. The fourth-order valence-corrected chi connectivity index (χ4v) is 5.47. The minimum Gasteiger partial charge on any atom is -0.497 e. The van der Waals surface area contributed by atoms with E-state index in [4.69, 9.17) is 9.47 Å². The van der Waals surface area contributed by atoms with Crippen molar-refractivity contribution in [1.82, 2.24) is 10.2 Å². The van der Waals surface area contributed by atoms with E-state index in [1.165, 1.54) is 24.1 Å². The molecule has 2 amide bonds. The topological polar surface area (TPSA) is 105 Å². The third kappa shape index (κ3) is 7.53. The third-order valence-corrected chi connectivity index (χ3v) is 8.24. The second kappa shape index (κ2) is 13.8. The molecule has 214 valence electrons. The predicted molar refractivity (Wildman–Crippen MR) is 155 cm³/mol. The first-order valence-electron chi connectivity index (χ1n) is 13.0. The van der Waals surface area contributed by atoms with E-state index in [0.29, 0.717) is 23.7 Å². The Morgan fingerprint density at radius 3 is 2.17 bits per heavy atom. The SMILES string of the molecule is CCCNC(=O)C(C)N(Cc1cccc(OC)c1)C(=O)CN(c1ccc(OC)cc1)S(=O)(=O)c1ccc(C)cc1. The number of anilines is 1. The van der Waals surface area contributed by atoms with Crippen LogP contribution < -0.4 is 19.1 Å². The van der Waals surface area contributed by atoms with Gasteiger partial charge in [-0.3, -0.25) is 13.9 Å². The molecule has 0 saturated carbocycles. The van der Waals surface area contributed by atoms with Crippen molar-refractivity contribution in [2.75, 3.05) is 31.6 Å². The Morgan fingerprint density at radius 1 is 0.925 bits per heavy atom. The van der Waals surface area contributed by atoms with Crippen LogP contribution in [0.25, 0.3) is 0 Å². The Hall–Kier alpha value is -4.05. The molecule has 0 aliphatic rings. The van der Waals surface area contributed by atoms with Crippen LogP contribution in [0, 0.1) is 6.92 Å². The number of amides is 2. The number of carbonyl (C=O) groups excluding carboxylic acids is 2. The summed E-state index contributed by atoms with van der Waals surface area (Å²) in [6, 6.07) is 19.2. The van der Waals surface area contributed by atoms with Crippen LogP contribution in [0.15, 0.2) is 77.7 Å². The minimum absolute atomic E-state index is 0.0507. The van der Waals surface area contributed by atoms with E-state index in [-0.39, 0.29) is 17.3 Å². The highest BCUT2D eigenvalue weighted by Crippen LogP contribution is 2.27. The molecule has 10 heteroatoms. The molecule has 0 spiro atoms. The molecule has 0 aromatic heterocycles. The second-order valence-electron chi connectivity index (χ2n) is 9.36. The first kappa shape index (κ1) is 30.5. The van der Waals surface area contributed by atoms with Crippen LogP contribution in [0.1, 0.15) is 31.4 Å². The van der Waals surface area contributed by atoms with Gasteiger partial charge in [0.2, 0.25) is 11.8 Å². The maximum absolute atomic E-state index is 13.9. The fourth-order valence-electron chi connectivity index (χ4n) is 4.06. The molecule has 0 radical (unpaired) electrons. The van der Waals surface area contributed by atoms with E-state index < -0.39 is 28.5 Å². The molecule has 3 rings (SSSR count). The summed E-state index contributed by atoms with van der Waals surface area (Å²) in [5.74, 6) is 0.294. The molecule has 1 N–H and O–H groups in total. The van der Waals surface area contributed by atoms with Crippen molar-refractivity contribution in [1.29, 1.82) is 0 Å². The Balaban J connectivity index is 2.03. The van der Waals surface area contributed by atoms with Crippen LogP contribution in [0.4, 0.5) is 5.69 Å². The lowest BCUT2D eigenvalue weighted by Gasteiger charge is -2.32. The number of nitrogens with one attached hydrogen (secondary N) is 1. The predicted octanol–water partition coefficient (Wildman–Crippen LogP) is 4.15. The zero-order valence-electron chi connectivity index (χ0n) is 23.6. The molecule has 3 aromatic rings. The molecule has 9 nitrogen and oxygen atoms in total. The lowest BCUT2D eigenvalue weighted by molar-refractivity contribution is -0.139. The molecule has 40 heavy (non-hydrogen) atoms. The third-order valence-electron chi connectivity index (χ3n) is 6.45. The number of nitrogens with zero attached hydrogens (tertiary/aromatic N) is 2. The molecule has 0 fully saturated rings. The number of sulfonamides is 1. The first-order valence-corrected chi connectivity index (χ1v) is 14.5. The van der Waals surface area contributed by atoms with Gasteiger partial charge in [0.25, 0.3) is 10.0 Å². The van der Waals surface area contributed by atoms with Crippen LogP contribution in [-0.2, 0) is 26.2 Å². The van der Waals surface area contributed by atoms with E-state index in [1.54, 1.807) is 68.6 Å². The summed E-state index contributed by atoms with van der Waals surface area (Å²) >= 11 is 0. The monoisotopic (exact) mass is 567 g/mol. The van der Waals surface area contributed by atoms with Gasteiger partial charge >= 0.3 is 0 Å². The maximum atomic E-state index is 13.9. The van der Waals surface area contributed by atoms with Gasteiger partial charge in [0.15, 0.2) is 0 Å². The summed E-state index contributed by atoms with van der Waals surface area (Å²) in [6.07, 6.45) is 0.738. The Bertz CT molecular complexity index is 1390. The van der Waals surface area contributed by atoms with Crippen LogP contribution in [-0.4, -0.2) is 58.5 Å². The van der Waals surface area contributed by atoms with Crippen LogP contribution >= 0.6 is 0 Å². The van der Waals surface area contributed by atoms with Crippen molar-refractivity contribution in [3.63, 3.8) is 0 Å². The number of aryl methyl sites for hydroxylation is 1. The standard InChI is InChI=1S/C30H37N3O6S/c1-6-18-31-30(35)23(3)32(20-24-8-7-9-27(19-24)39-5)29(34)21-33(25-12-14-26(38-4)15-13-25)40(36,37)28-16-10-22(2)11-17-28/h7-17,19,23H,6,18,20-21H2,1-5H3,(H,31,35). The molecule has 0 aliphatic heterocycles. The Morgan fingerprint density at radius 2 is 1.57 bits per heavy atom. The second-order valence-corrected chi connectivity index (χ2v) is 11.2. The van der Waals surface area contributed by atoms with Gasteiger partial charge < -0.3 is 19.7 Å². The highest BCUT2D eigenvalue weighted by Gasteiger charge is 2.32. The van der Waals surface area contributed by atoms with Crippen molar-refractivity contribution < 1.29 is 27.5 Å². The average molecular weight is 568 g/mol. The summed E-state index contributed by atoms with van der Waals surface area (Å²) < 4.78 is 39.4. The Labute approximate surface area is 236 Å². The number of methoxy groups -OCH3 is 2. The van der Waals surface area contributed by atoms with E-state index in [2.05, 4.69) is 5.32 Å². The number of rotatable bonds is 13. The van der Waals surface area contributed by atoms with Crippen molar-refractivity contribution in [3.05, 3.63) is 83.9 Å². The van der Waals surface area contributed by atoms with E-state index in [9.17, 15) is 18.0 Å². The minimum atomic E-state index is -4.14. The molecule has 3 aromatic carbocycles. The number of ether oxygens (including phenoxy) is 2. The van der Waals surface area contributed by atoms with Crippen molar-refractivity contribution in [2.24, 2.45) is 0 Å². The van der Waals surface area contributed by atoms with Crippen LogP contribution in [0.5, 0.6) is 11.5 Å². The molecule has 0 aliphatic carbocycles. The highest BCUT2D eigenvalue weighted by molar-refractivity contribution is 7.92. The van der Waals surface area contributed by atoms with E-state index >= 15 is 0 Å². The van der Waals surface area contributed by atoms with Gasteiger partial charge in [0.05, 0.1) is 24.8 Å². The van der Waals surface area contributed by atoms with Crippen molar-refractivity contribution in [2.45, 2.75) is 44.7 Å². The number of hydrogen-bond donors (Lipinski definition) is 1. The molecule has 0 saturated heterocycles. The summed E-state index contributed by atoms with van der Waals surface area (Å²) in [6.45, 7) is 5.46. The quantitative estimate of drug-likeness (QED) is 0.333. The Kier molecular flexibility index (Phi) is 10.6. The molecular formula is C30H37N3O6S. The van der Waals surface area contributed by atoms with Gasteiger partial charge in [-0.05, 0) is 74.4 Å². The van der Waals surface area contributed by atoms with Crippen molar-refractivity contribution >= 4 is 27.5 Å². The van der Waals surface area contributed by atoms with E-state index in [1.807, 2.05) is 19.9 Å². The lowest BCUT2D eigenvalue weighted by atomic mass is 10.1. The number of hydrogen-bond acceptors (Lipinski definition) is 6. The molecule has 0 heterocycles. The maximum Gasteiger partial charge on any atom is 0.264 e. The van der Waals surface area contributed by atoms with Gasteiger partial charge in [-0.25, -0.2) is 8.42 Å². The molecular weight excluding hydrogens is 530 g/mol. The highest BCUT2D eigenvalue weighted by atomic mass is 32.2. The molecule has 1 atom stereocenters. The zero-order chi connectivity index (χ0) is 29.3. The van der Waals surface area contributed by atoms with Crippen LogP contribution in [0.3, 0.4) is 0 Å². The van der Waals surface area contributed by atoms with Gasteiger partial charge in [0, 0.05) is 13.1 Å². The van der Waals surface area contributed by atoms with Gasteiger partial charge in [0.1, 0.15) is 24.1 Å². The van der Waals surface area contributed by atoms with Crippen molar-refractivity contribution in [3.8, 4) is 11.5 Å². The van der Waals surface area contributed by atoms with Gasteiger partial charge in [-0.2, -0.15) is 0 Å². The average Bonchev–Trinajstić information content (AvgIpc) is 2.97. The summed E-state index contributed by atoms with van der Waals surface area (Å²) in [7, 11) is -1.08. The smallest absolute Gasteiger partial charge is 0.264 e. The molecule has 1 unspecified atom stereocenters. The number of benzene rings is 3. The zero-order valence-corrected chi connectivity index (χ0v) is 24.4.